The van der Waals surface area contributed by atoms with Gasteiger partial charge in [-0.1, -0.05) is 63.1 Å². The van der Waals surface area contributed by atoms with Gasteiger partial charge in [-0.3, -0.25) is 0 Å². The molecule has 0 saturated carbocycles. The number of quaternary nitrogens is 1. The second kappa shape index (κ2) is 15.0. The number of nitrogens with zero attached hydrogens (tertiary/aromatic N) is 1. The first-order valence-corrected chi connectivity index (χ1v) is 11.9. The monoisotopic (exact) mass is 415 g/mol. The summed E-state index contributed by atoms with van der Waals surface area (Å²) < 4.78 is 37.4. The summed E-state index contributed by atoms with van der Waals surface area (Å²) in [6, 6.07) is 5.78. The molecule has 0 saturated heterocycles. The number of ether oxygens (including phenoxy) is 1. The van der Waals surface area contributed by atoms with Crippen LogP contribution < -0.4 is 0 Å². The zero-order valence-corrected chi connectivity index (χ0v) is 19.4. The molecule has 0 spiro atoms. The lowest BCUT2D eigenvalue weighted by molar-refractivity contribution is -0.890. The van der Waals surface area contributed by atoms with Crippen LogP contribution in [0.4, 0.5) is 0 Å². The summed E-state index contributed by atoms with van der Waals surface area (Å²) in [6.07, 6.45) is 11.3. The van der Waals surface area contributed by atoms with Gasteiger partial charge < -0.3 is 13.8 Å². The van der Waals surface area contributed by atoms with Gasteiger partial charge in [-0.2, -0.15) is 0 Å². The lowest BCUT2D eigenvalue weighted by Crippen LogP contribution is -2.42. The third kappa shape index (κ3) is 15.0. The minimum Gasteiger partial charge on any atom is -0.744 e. The van der Waals surface area contributed by atoms with Crippen molar-refractivity contribution in [1.29, 1.82) is 0 Å². The number of likely N-dealkylation sites (N-methyl/N-ethyl adjacent to an activating group) is 1. The van der Waals surface area contributed by atoms with Crippen molar-refractivity contribution >= 4 is 10.1 Å². The van der Waals surface area contributed by atoms with Crippen LogP contribution >= 0.6 is 0 Å². The van der Waals surface area contributed by atoms with Gasteiger partial charge in [0.05, 0.1) is 32.1 Å². The molecule has 0 amide bonds. The maximum absolute atomic E-state index is 10.4. The van der Waals surface area contributed by atoms with Crippen LogP contribution in [0.5, 0.6) is 0 Å². The van der Waals surface area contributed by atoms with Crippen LogP contribution in [0.1, 0.15) is 63.9 Å². The molecule has 0 unspecified atom stereocenters. The van der Waals surface area contributed by atoms with Crippen molar-refractivity contribution < 1.29 is 22.2 Å². The Morgan fingerprint density at radius 2 is 1.39 bits per heavy atom. The highest BCUT2D eigenvalue weighted by molar-refractivity contribution is 7.85. The predicted molar refractivity (Wildman–Crippen MR) is 115 cm³/mol. The SMILES string of the molecule is CCCCCCCCCC[N+](C)(C)CCOC.Cc1ccc(S(=O)(=O)[O-])cc1. The third-order valence-electron chi connectivity index (χ3n) is 4.83. The van der Waals surface area contributed by atoms with Crippen molar-refractivity contribution in [3.8, 4) is 0 Å². The Morgan fingerprint density at radius 1 is 0.893 bits per heavy atom. The van der Waals surface area contributed by atoms with E-state index in [2.05, 4.69) is 21.0 Å². The quantitative estimate of drug-likeness (QED) is 0.265. The maximum Gasteiger partial charge on any atom is 0.124 e. The Balaban J connectivity index is 0.000000567. The Kier molecular flexibility index (Phi) is 14.5. The van der Waals surface area contributed by atoms with Gasteiger partial charge in [0, 0.05) is 7.11 Å². The largest absolute Gasteiger partial charge is 0.744 e. The minimum atomic E-state index is -4.27. The summed E-state index contributed by atoms with van der Waals surface area (Å²) in [6.45, 7) is 7.40. The summed E-state index contributed by atoms with van der Waals surface area (Å²) in [5.41, 5.74) is 0.928. The summed E-state index contributed by atoms with van der Waals surface area (Å²) in [5.74, 6) is 0. The van der Waals surface area contributed by atoms with E-state index in [9.17, 15) is 13.0 Å². The van der Waals surface area contributed by atoms with Crippen molar-refractivity contribution in [1.82, 2.24) is 0 Å². The fourth-order valence-electron chi connectivity index (χ4n) is 2.83. The zero-order valence-electron chi connectivity index (χ0n) is 18.6. The van der Waals surface area contributed by atoms with Crippen LogP contribution in [0.3, 0.4) is 0 Å². The summed E-state index contributed by atoms with van der Waals surface area (Å²) in [4.78, 5) is -0.178. The van der Waals surface area contributed by atoms with E-state index in [1.807, 2.05) is 6.92 Å². The van der Waals surface area contributed by atoms with Gasteiger partial charge in [0.25, 0.3) is 0 Å². The molecule has 0 aliphatic rings. The first kappa shape index (κ1) is 27.0. The van der Waals surface area contributed by atoms with E-state index in [0.29, 0.717) is 0 Å². The van der Waals surface area contributed by atoms with Crippen molar-refractivity contribution in [2.75, 3.05) is 40.9 Å². The van der Waals surface area contributed by atoms with Gasteiger partial charge in [0.15, 0.2) is 0 Å². The molecular weight excluding hydrogens is 374 g/mol. The zero-order chi connectivity index (χ0) is 21.5. The first-order valence-electron chi connectivity index (χ1n) is 10.5. The minimum absolute atomic E-state index is 0.178. The molecule has 0 aliphatic carbocycles. The molecule has 0 aromatic heterocycles. The molecule has 164 valence electrons. The van der Waals surface area contributed by atoms with Gasteiger partial charge in [-0.15, -0.1) is 0 Å². The lowest BCUT2D eigenvalue weighted by Gasteiger charge is -2.29. The van der Waals surface area contributed by atoms with E-state index in [-0.39, 0.29) is 4.90 Å². The molecule has 5 nitrogen and oxygen atoms in total. The second-order valence-corrected chi connectivity index (χ2v) is 9.50. The number of hydrogen-bond donors (Lipinski definition) is 0. The molecule has 0 fully saturated rings. The van der Waals surface area contributed by atoms with Crippen LogP contribution in [-0.4, -0.2) is 58.4 Å². The normalized spacial score (nSPS) is 11.8. The van der Waals surface area contributed by atoms with Crippen molar-refractivity contribution in [2.24, 2.45) is 0 Å². The third-order valence-corrected chi connectivity index (χ3v) is 5.68. The topological polar surface area (TPSA) is 66.4 Å². The average Bonchev–Trinajstić information content (AvgIpc) is 2.62. The number of rotatable bonds is 13. The van der Waals surface area contributed by atoms with Crippen LogP contribution in [0, 0.1) is 6.92 Å². The maximum atomic E-state index is 10.4. The molecule has 1 aromatic carbocycles. The number of methoxy groups -OCH3 is 1. The summed E-state index contributed by atoms with van der Waals surface area (Å²) in [7, 11) is 2.13. The van der Waals surface area contributed by atoms with Crippen molar-refractivity contribution in [3.05, 3.63) is 29.8 Å². The van der Waals surface area contributed by atoms with E-state index in [1.54, 1.807) is 19.2 Å². The molecule has 6 heteroatoms. The van der Waals surface area contributed by atoms with E-state index in [0.717, 1.165) is 23.2 Å². The standard InChI is InChI=1S/C15H34NO.C7H8O3S/c1-5-6-7-8-9-10-11-12-13-16(2,3)14-15-17-4;1-6-2-4-7(5-3-6)11(8,9)10/h5-15H2,1-4H3;2-5H,1H3,(H,8,9,10)/q+1;/p-1. The van der Waals surface area contributed by atoms with Gasteiger partial charge in [0.2, 0.25) is 0 Å². The number of hydrogen-bond acceptors (Lipinski definition) is 4. The molecule has 1 rings (SSSR count). The van der Waals surface area contributed by atoms with Gasteiger partial charge in [-0.05, 0) is 31.9 Å². The molecule has 0 N–H and O–H groups in total. The number of unbranched alkanes of at least 4 members (excludes halogenated alkanes) is 7. The molecule has 0 atom stereocenters. The number of aryl methyl sites for hydroxylation is 1. The Labute approximate surface area is 173 Å². The van der Waals surface area contributed by atoms with Gasteiger partial charge in [0.1, 0.15) is 16.7 Å². The molecular formula is C22H41NO4S. The van der Waals surface area contributed by atoms with Crippen LogP contribution in [0.2, 0.25) is 0 Å². The Hall–Kier alpha value is -0.950. The van der Waals surface area contributed by atoms with Gasteiger partial charge >= 0.3 is 0 Å². The smallest absolute Gasteiger partial charge is 0.124 e. The summed E-state index contributed by atoms with van der Waals surface area (Å²) >= 11 is 0. The molecule has 0 bridgehead atoms. The van der Waals surface area contributed by atoms with E-state index in [1.165, 1.54) is 70.0 Å². The molecule has 1 aromatic rings. The average molecular weight is 416 g/mol. The highest BCUT2D eigenvalue weighted by Gasteiger charge is 2.13. The van der Waals surface area contributed by atoms with E-state index < -0.39 is 10.1 Å². The highest BCUT2D eigenvalue weighted by Crippen LogP contribution is 2.10. The predicted octanol–water partition coefficient (Wildman–Crippen LogP) is 4.75. The van der Waals surface area contributed by atoms with Crippen molar-refractivity contribution in [2.45, 2.75) is 70.1 Å². The second-order valence-electron chi connectivity index (χ2n) is 8.12. The Morgan fingerprint density at radius 3 is 1.86 bits per heavy atom. The fraction of sp³-hybridized carbons (Fsp3) is 0.727. The van der Waals surface area contributed by atoms with Gasteiger partial charge in [-0.25, -0.2) is 8.42 Å². The lowest BCUT2D eigenvalue weighted by atomic mass is 10.1. The summed E-state index contributed by atoms with van der Waals surface area (Å²) in [5, 5.41) is 0. The van der Waals surface area contributed by atoms with E-state index >= 15 is 0 Å². The Bertz CT molecular complexity index is 597. The first-order chi connectivity index (χ1) is 13.1. The van der Waals surface area contributed by atoms with Crippen LogP contribution in [0.25, 0.3) is 0 Å². The molecule has 0 heterocycles. The molecule has 0 radical (unpaired) electrons. The molecule has 28 heavy (non-hydrogen) atoms. The highest BCUT2D eigenvalue weighted by atomic mass is 32.2. The van der Waals surface area contributed by atoms with Crippen LogP contribution in [0.15, 0.2) is 29.2 Å². The van der Waals surface area contributed by atoms with Crippen molar-refractivity contribution in [3.63, 3.8) is 0 Å². The fourth-order valence-corrected chi connectivity index (χ4v) is 3.30. The number of benzene rings is 1. The molecule has 0 aliphatic heterocycles. The van der Waals surface area contributed by atoms with E-state index in [4.69, 9.17) is 4.74 Å². The van der Waals surface area contributed by atoms with Crippen LogP contribution in [-0.2, 0) is 14.9 Å².